The lowest BCUT2D eigenvalue weighted by Gasteiger charge is -1.99. The van der Waals surface area contributed by atoms with Gasteiger partial charge in [0, 0.05) is 13.2 Å². The summed E-state index contributed by atoms with van der Waals surface area (Å²) in [4.78, 5) is 14.8. The van der Waals surface area contributed by atoms with Gasteiger partial charge in [-0.05, 0) is 15.9 Å². The van der Waals surface area contributed by atoms with Crippen molar-refractivity contribution in [3.8, 4) is 0 Å². The van der Waals surface area contributed by atoms with Crippen molar-refractivity contribution in [2.24, 2.45) is 7.05 Å². The maximum atomic E-state index is 10.8. The van der Waals surface area contributed by atoms with Gasteiger partial charge in [0.1, 0.15) is 4.60 Å². The second-order valence-corrected chi connectivity index (χ2v) is 4.03. The van der Waals surface area contributed by atoms with E-state index >= 15 is 0 Å². The van der Waals surface area contributed by atoms with E-state index in [4.69, 9.17) is 16.7 Å². The highest BCUT2D eigenvalue weighted by atomic mass is 79.9. The molecule has 0 radical (unpaired) electrons. The number of nitrogens with zero attached hydrogens (tertiary/aromatic N) is 3. The molecule has 0 aliphatic rings. The number of carboxylic acids is 1. The first kappa shape index (κ1) is 10.4. The number of carboxylic acid groups (broad SMARTS) is 1. The van der Waals surface area contributed by atoms with Crippen LogP contribution in [0.15, 0.2) is 10.8 Å². The fourth-order valence-corrected chi connectivity index (χ4v) is 2.32. The average Bonchev–Trinajstić information content (AvgIpc) is 2.43. The summed E-state index contributed by atoms with van der Waals surface area (Å²) < 4.78 is 2.01. The van der Waals surface area contributed by atoms with Crippen molar-refractivity contribution in [2.45, 2.75) is 0 Å². The van der Waals surface area contributed by atoms with E-state index < -0.39 is 5.97 Å². The highest BCUT2D eigenvalue weighted by molar-refractivity contribution is 9.10. The summed E-state index contributed by atoms with van der Waals surface area (Å²) in [5.74, 6) is -1.11. The van der Waals surface area contributed by atoms with Crippen molar-refractivity contribution in [1.82, 2.24) is 14.8 Å². The molecule has 7 heteroatoms. The first-order valence-corrected chi connectivity index (χ1v) is 5.09. The van der Waals surface area contributed by atoms with Crippen molar-refractivity contribution in [3.63, 3.8) is 0 Å². The summed E-state index contributed by atoms with van der Waals surface area (Å²) in [6, 6.07) is 0. The zero-order valence-electron chi connectivity index (χ0n) is 7.53. The van der Waals surface area contributed by atoms with Gasteiger partial charge in [0.05, 0.1) is 16.0 Å². The van der Waals surface area contributed by atoms with Crippen LogP contribution in [0.1, 0.15) is 10.4 Å². The van der Waals surface area contributed by atoms with Crippen LogP contribution < -0.4 is 0 Å². The van der Waals surface area contributed by atoms with Crippen molar-refractivity contribution in [2.75, 3.05) is 0 Å². The molecule has 78 valence electrons. The van der Waals surface area contributed by atoms with Crippen LogP contribution in [0, 0.1) is 0 Å². The molecule has 2 aromatic rings. The Morgan fingerprint density at radius 2 is 2.33 bits per heavy atom. The van der Waals surface area contributed by atoms with Crippen LogP contribution in [0.3, 0.4) is 0 Å². The van der Waals surface area contributed by atoms with Gasteiger partial charge in [-0.15, -0.1) is 0 Å². The van der Waals surface area contributed by atoms with Gasteiger partial charge in [0.15, 0.2) is 5.65 Å². The predicted octanol–water partition coefficient (Wildman–Crippen LogP) is 2.08. The van der Waals surface area contributed by atoms with Crippen LogP contribution in [-0.4, -0.2) is 25.8 Å². The molecule has 0 saturated heterocycles. The van der Waals surface area contributed by atoms with Crippen LogP contribution in [0.5, 0.6) is 0 Å². The third-order valence-electron chi connectivity index (χ3n) is 1.98. The Kier molecular flexibility index (Phi) is 2.40. The second-order valence-electron chi connectivity index (χ2n) is 2.90. The van der Waals surface area contributed by atoms with E-state index in [9.17, 15) is 4.79 Å². The normalized spacial score (nSPS) is 10.9. The van der Waals surface area contributed by atoms with E-state index in [1.807, 2.05) is 0 Å². The molecule has 0 spiro atoms. The van der Waals surface area contributed by atoms with E-state index in [0.29, 0.717) is 15.6 Å². The molecule has 0 aromatic carbocycles. The molecule has 2 rings (SSSR count). The van der Waals surface area contributed by atoms with Crippen molar-refractivity contribution in [3.05, 3.63) is 21.4 Å². The quantitative estimate of drug-likeness (QED) is 0.873. The maximum absolute atomic E-state index is 10.8. The molecule has 2 heterocycles. The lowest BCUT2D eigenvalue weighted by Crippen LogP contribution is -2.00. The minimum Gasteiger partial charge on any atom is -0.478 e. The third kappa shape index (κ3) is 1.49. The first-order chi connectivity index (χ1) is 7.02. The molecule has 2 aromatic heterocycles. The molecule has 0 unspecified atom stereocenters. The fourth-order valence-electron chi connectivity index (χ4n) is 1.29. The number of aromatic carboxylic acids is 1. The number of carbonyl (C=O) groups is 1. The minimum absolute atomic E-state index is 0.0298. The minimum atomic E-state index is -1.11. The Morgan fingerprint density at radius 3 is 2.93 bits per heavy atom. The Hall–Kier alpha value is -1.14. The van der Waals surface area contributed by atoms with Gasteiger partial charge in [-0.1, -0.05) is 11.6 Å². The fraction of sp³-hybridized carbons (Fsp3) is 0.125. The number of hydrogen-bond acceptors (Lipinski definition) is 3. The molecule has 0 amide bonds. The lowest BCUT2D eigenvalue weighted by molar-refractivity contribution is 0.0697. The summed E-state index contributed by atoms with van der Waals surface area (Å²) in [6.07, 6.45) is 1.22. The lowest BCUT2D eigenvalue weighted by atomic mass is 10.2. The van der Waals surface area contributed by atoms with Crippen molar-refractivity contribution in [1.29, 1.82) is 0 Å². The zero-order valence-corrected chi connectivity index (χ0v) is 9.87. The van der Waals surface area contributed by atoms with Gasteiger partial charge in [0.25, 0.3) is 0 Å². The smallest absolute Gasteiger partial charge is 0.338 e. The Bertz CT molecular complexity index is 567. The number of pyridine rings is 1. The maximum Gasteiger partial charge on any atom is 0.338 e. The summed E-state index contributed by atoms with van der Waals surface area (Å²) in [5, 5.41) is 13.6. The molecular weight excluding hydrogens is 285 g/mol. The number of hydrogen-bond donors (Lipinski definition) is 1. The van der Waals surface area contributed by atoms with Crippen molar-refractivity contribution < 1.29 is 9.90 Å². The van der Waals surface area contributed by atoms with E-state index in [1.54, 1.807) is 7.05 Å². The van der Waals surface area contributed by atoms with Gasteiger partial charge in [-0.25, -0.2) is 14.5 Å². The summed E-state index contributed by atoms with van der Waals surface area (Å²) in [6.45, 7) is 0. The predicted molar refractivity (Wildman–Crippen MR) is 58.2 cm³/mol. The van der Waals surface area contributed by atoms with Crippen molar-refractivity contribution >= 4 is 44.5 Å². The highest BCUT2D eigenvalue weighted by Crippen LogP contribution is 2.30. The van der Waals surface area contributed by atoms with Gasteiger partial charge in [-0.3, -0.25) is 0 Å². The molecule has 0 saturated carbocycles. The van der Waals surface area contributed by atoms with Crippen LogP contribution in [0.2, 0.25) is 5.02 Å². The van der Waals surface area contributed by atoms with E-state index in [-0.39, 0.29) is 10.6 Å². The van der Waals surface area contributed by atoms with E-state index in [1.165, 1.54) is 10.9 Å². The van der Waals surface area contributed by atoms with Crippen LogP contribution in [0.25, 0.3) is 11.0 Å². The van der Waals surface area contributed by atoms with Gasteiger partial charge in [0.2, 0.25) is 0 Å². The molecule has 0 aliphatic heterocycles. The average molecular weight is 291 g/mol. The number of rotatable bonds is 1. The number of halogens is 2. The Labute approximate surface area is 97.8 Å². The number of fused-ring (bicyclic) bond motifs is 1. The van der Waals surface area contributed by atoms with Gasteiger partial charge >= 0.3 is 5.97 Å². The van der Waals surface area contributed by atoms with Crippen LogP contribution >= 0.6 is 27.5 Å². The molecule has 1 N–H and O–H groups in total. The van der Waals surface area contributed by atoms with Gasteiger partial charge in [-0.2, -0.15) is 5.10 Å². The van der Waals surface area contributed by atoms with E-state index in [2.05, 4.69) is 26.0 Å². The molecule has 0 atom stereocenters. The van der Waals surface area contributed by atoms with Crippen LogP contribution in [-0.2, 0) is 7.05 Å². The first-order valence-electron chi connectivity index (χ1n) is 3.92. The monoisotopic (exact) mass is 289 g/mol. The topological polar surface area (TPSA) is 68.0 Å². The molecule has 15 heavy (non-hydrogen) atoms. The largest absolute Gasteiger partial charge is 0.478 e. The Balaban J connectivity index is 2.89. The zero-order chi connectivity index (χ0) is 11.2. The van der Waals surface area contributed by atoms with Gasteiger partial charge < -0.3 is 5.11 Å². The third-order valence-corrected chi connectivity index (χ3v) is 2.92. The SMILES string of the molecule is Cn1nc(Br)c2c(Cl)c(C(=O)O)cnc21. The Morgan fingerprint density at radius 1 is 1.67 bits per heavy atom. The summed E-state index contributed by atoms with van der Waals surface area (Å²) in [7, 11) is 1.71. The molecule has 5 nitrogen and oxygen atoms in total. The van der Waals surface area contributed by atoms with Crippen LogP contribution in [0.4, 0.5) is 0 Å². The molecule has 0 fully saturated rings. The van der Waals surface area contributed by atoms with E-state index in [0.717, 1.165) is 0 Å². The number of aromatic nitrogens is 3. The summed E-state index contributed by atoms with van der Waals surface area (Å²) in [5.41, 5.74) is 0.509. The molecular formula is C8H5BrClN3O2. The molecule has 0 aliphatic carbocycles. The number of aryl methyl sites for hydroxylation is 1. The molecule has 0 bridgehead atoms. The second kappa shape index (κ2) is 3.46. The standard InChI is InChI=1S/C8H5BrClN3O2/c1-13-7-4(6(9)12-13)5(10)3(2-11-7)8(14)15/h2H,1H3,(H,14,15). The highest BCUT2D eigenvalue weighted by Gasteiger charge is 2.18. The summed E-state index contributed by atoms with van der Waals surface area (Å²) >= 11 is 9.15.